The number of carbonyl (C=O) groups is 1. The third-order valence-electron chi connectivity index (χ3n) is 9.13. The Bertz CT molecular complexity index is 500. The van der Waals surface area contributed by atoms with Gasteiger partial charge in [-0.2, -0.15) is 0 Å². The van der Waals surface area contributed by atoms with E-state index in [0.717, 1.165) is 42.9 Å². The van der Waals surface area contributed by atoms with Gasteiger partial charge in [0, 0.05) is 5.92 Å². The van der Waals surface area contributed by atoms with Crippen molar-refractivity contribution in [3.63, 3.8) is 0 Å². The number of Topliss-reactive ketones (excluding diaryl/α,β-unsaturated/α-hetero) is 1. The fourth-order valence-electron chi connectivity index (χ4n) is 7.90. The summed E-state index contributed by atoms with van der Waals surface area (Å²) in [6.45, 7) is 6.80. The van der Waals surface area contributed by atoms with Gasteiger partial charge in [-0.05, 0) is 99.2 Å². The Kier molecular flexibility index (Phi) is 3.72. The molecule has 2 nitrogen and oxygen atoms in total. The van der Waals surface area contributed by atoms with Crippen LogP contribution in [0.15, 0.2) is 0 Å². The quantitative estimate of drug-likeness (QED) is 0.767. The molecule has 0 radical (unpaired) electrons. The minimum absolute atomic E-state index is 0.0490. The van der Waals surface area contributed by atoms with Crippen LogP contribution in [0.25, 0.3) is 0 Å². The van der Waals surface area contributed by atoms with E-state index in [1.54, 1.807) is 0 Å². The third-order valence-corrected chi connectivity index (χ3v) is 9.13. The van der Waals surface area contributed by atoms with Crippen LogP contribution in [0.4, 0.5) is 0 Å². The number of rotatable bonds is 1. The zero-order chi connectivity index (χ0) is 16.4. The molecule has 4 saturated carbocycles. The van der Waals surface area contributed by atoms with Crippen molar-refractivity contribution in [2.24, 2.45) is 40.4 Å². The molecule has 0 amide bonds. The van der Waals surface area contributed by atoms with E-state index in [-0.39, 0.29) is 11.5 Å². The molecule has 0 aromatic rings. The lowest BCUT2D eigenvalue weighted by Gasteiger charge is -2.60. The number of ketones is 1. The maximum Gasteiger partial charge on any atom is 0.133 e. The van der Waals surface area contributed by atoms with Crippen molar-refractivity contribution < 1.29 is 9.90 Å². The van der Waals surface area contributed by atoms with Gasteiger partial charge in [0.25, 0.3) is 0 Å². The van der Waals surface area contributed by atoms with Crippen molar-refractivity contribution in [1.82, 2.24) is 0 Å². The van der Waals surface area contributed by atoms with Crippen LogP contribution >= 0.6 is 0 Å². The Morgan fingerprint density at radius 3 is 2.35 bits per heavy atom. The SMILES string of the molecule is CC(=O)[C@H]1CCC2C3CCC4CC(O)CC[C@]4(C)C3CCC21C. The van der Waals surface area contributed by atoms with Gasteiger partial charge in [0.2, 0.25) is 0 Å². The monoisotopic (exact) mass is 318 g/mol. The van der Waals surface area contributed by atoms with Gasteiger partial charge in [-0.15, -0.1) is 0 Å². The number of fused-ring (bicyclic) bond motifs is 5. The van der Waals surface area contributed by atoms with Crippen LogP contribution in [0.2, 0.25) is 0 Å². The molecule has 0 heterocycles. The molecule has 1 N–H and O–H groups in total. The minimum Gasteiger partial charge on any atom is -0.393 e. The summed E-state index contributed by atoms with van der Waals surface area (Å²) in [6, 6.07) is 0. The predicted octanol–water partition coefficient (Wildman–Crippen LogP) is 4.60. The van der Waals surface area contributed by atoms with Crippen molar-refractivity contribution >= 4 is 5.78 Å². The fourth-order valence-corrected chi connectivity index (χ4v) is 7.90. The molecule has 8 atom stereocenters. The molecule has 23 heavy (non-hydrogen) atoms. The first-order valence-electron chi connectivity index (χ1n) is 10.0. The van der Waals surface area contributed by atoms with Gasteiger partial charge in [-0.25, -0.2) is 0 Å². The summed E-state index contributed by atoms with van der Waals surface area (Å²) in [5.74, 6) is 3.97. The van der Waals surface area contributed by atoms with Crippen LogP contribution < -0.4 is 0 Å². The van der Waals surface area contributed by atoms with Gasteiger partial charge >= 0.3 is 0 Å². The average Bonchev–Trinajstić information content (AvgIpc) is 2.85. The Balaban J connectivity index is 1.61. The molecule has 0 saturated heterocycles. The summed E-state index contributed by atoms with van der Waals surface area (Å²) >= 11 is 0. The second-order valence-electron chi connectivity index (χ2n) is 9.87. The van der Waals surface area contributed by atoms with Crippen molar-refractivity contribution in [3.05, 3.63) is 0 Å². The highest BCUT2D eigenvalue weighted by Gasteiger charge is 2.60. The first-order valence-corrected chi connectivity index (χ1v) is 10.0. The zero-order valence-corrected chi connectivity index (χ0v) is 15.2. The van der Waals surface area contributed by atoms with E-state index in [9.17, 15) is 9.90 Å². The largest absolute Gasteiger partial charge is 0.393 e. The molecule has 0 bridgehead atoms. The van der Waals surface area contributed by atoms with Gasteiger partial charge in [0.05, 0.1) is 6.10 Å². The van der Waals surface area contributed by atoms with E-state index < -0.39 is 0 Å². The van der Waals surface area contributed by atoms with E-state index in [2.05, 4.69) is 13.8 Å². The van der Waals surface area contributed by atoms with Crippen molar-refractivity contribution in [3.8, 4) is 0 Å². The van der Waals surface area contributed by atoms with Gasteiger partial charge in [-0.3, -0.25) is 4.79 Å². The zero-order valence-electron chi connectivity index (χ0n) is 15.2. The summed E-state index contributed by atoms with van der Waals surface area (Å²) < 4.78 is 0. The van der Waals surface area contributed by atoms with Gasteiger partial charge in [0.15, 0.2) is 0 Å². The molecule has 130 valence electrons. The maximum absolute atomic E-state index is 12.2. The fraction of sp³-hybridized carbons (Fsp3) is 0.952. The third kappa shape index (κ3) is 2.19. The van der Waals surface area contributed by atoms with Crippen LogP contribution in [-0.2, 0) is 4.79 Å². The summed E-state index contributed by atoms with van der Waals surface area (Å²) in [6.07, 6.45) is 10.9. The lowest BCUT2D eigenvalue weighted by atomic mass is 9.44. The van der Waals surface area contributed by atoms with E-state index in [1.165, 1.54) is 38.5 Å². The average molecular weight is 319 g/mol. The van der Waals surface area contributed by atoms with Crippen LogP contribution in [-0.4, -0.2) is 17.0 Å². The normalized spacial score (nSPS) is 55.7. The summed E-state index contributed by atoms with van der Waals surface area (Å²) in [5, 5.41) is 10.1. The molecular weight excluding hydrogens is 284 g/mol. The number of hydrogen-bond acceptors (Lipinski definition) is 2. The molecule has 4 rings (SSSR count). The molecule has 2 heteroatoms. The number of aliphatic hydroxyl groups is 1. The van der Waals surface area contributed by atoms with E-state index in [1.807, 2.05) is 6.92 Å². The second-order valence-corrected chi connectivity index (χ2v) is 9.87. The first kappa shape index (κ1) is 16.1. The molecule has 0 aliphatic heterocycles. The summed E-state index contributed by atoms with van der Waals surface area (Å²) in [7, 11) is 0. The van der Waals surface area contributed by atoms with Crippen LogP contribution in [0.1, 0.15) is 78.6 Å². The highest BCUT2D eigenvalue weighted by molar-refractivity contribution is 5.79. The minimum atomic E-state index is -0.0490. The van der Waals surface area contributed by atoms with Crippen LogP contribution in [0.3, 0.4) is 0 Å². The smallest absolute Gasteiger partial charge is 0.133 e. The summed E-state index contributed by atoms with van der Waals surface area (Å²) in [4.78, 5) is 12.2. The molecule has 0 spiro atoms. The Hall–Kier alpha value is -0.370. The maximum atomic E-state index is 12.2. The topological polar surface area (TPSA) is 37.3 Å². The molecule has 4 aliphatic rings. The molecule has 6 unspecified atom stereocenters. The highest BCUT2D eigenvalue weighted by Crippen LogP contribution is 2.67. The van der Waals surface area contributed by atoms with Gasteiger partial charge < -0.3 is 5.11 Å². The van der Waals surface area contributed by atoms with Crippen molar-refractivity contribution in [2.75, 3.05) is 0 Å². The van der Waals surface area contributed by atoms with E-state index in [4.69, 9.17) is 0 Å². The van der Waals surface area contributed by atoms with Gasteiger partial charge in [0.1, 0.15) is 5.78 Å². The van der Waals surface area contributed by atoms with Crippen LogP contribution in [0.5, 0.6) is 0 Å². The van der Waals surface area contributed by atoms with Crippen molar-refractivity contribution in [1.29, 1.82) is 0 Å². The van der Waals surface area contributed by atoms with E-state index in [0.29, 0.717) is 17.1 Å². The number of hydrogen-bond donors (Lipinski definition) is 1. The number of aliphatic hydroxyl groups excluding tert-OH is 1. The Morgan fingerprint density at radius 2 is 1.61 bits per heavy atom. The predicted molar refractivity (Wildman–Crippen MR) is 91.9 cm³/mol. The lowest BCUT2D eigenvalue weighted by Crippen LogP contribution is -2.54. The van der Waals surface area contributed by atoms with Crippen molar-refractivity contribution in [2.45, 2.75) is 84.7 Å². The molecule has 4 fully saturated rings. The number of carbonyl (C=O) groups excluding carboxylic acids is 1. The van der Waals surface area contributed by atoms with Gasteiger partial charge in [-0.1, -0.05) is 13.8 Å². The van der Waals surface area contributed by atoms with Crippen LogP contribution in [0, 0.1) is 40.4 Å². The Labute approximate surface area is 141 Å². The highest BCUT2D eigenvalue weighted by atomic mass is 16.3. The molecule has 0 aromatic heterocycles. The lowest BCUT2D eigenvalue weighted by molar-refractivity contribution is -0.138. The summed E-state index contributed by atoms with van der Waals surface area (Å²) in [5.41, 5.74) is 0.738. The molecule has 4 aliphatic carbocycles. The molecular formula is C21H34O2. The van der Waals surface area contributed by atoms with E-state index >= 15 is 0 Å². The second kappa shape index (κ2) is 5.31. The Morgan fingerprint density at radius 1 is 0.913 bits per heavy atom. The first-order chi connectivity index (χ1) is 10.9. The molecule has 0 aromatic carbocycles. The standard InChI is InChI=1S/C21H34O2/c1-13(22)17-6-7-18-16-5-4-14-12-15(23)8-10-20(14,2)19(16)9-11-21(17,18)3/h14-19,23H,4-12H2,1-3H3/t14?,15?,16?,17-,18?,19?,20+,21?/m1/s1.